The fraction of sp³-hybridized carbons (Fsp3) is 1.00. The van der Waals surface area contributed by atoms with E-state index in [0.717, 1.165) is 6.61 Å². The van der Waals surface area contributed by atoms with Crippen LogP contribution in [0.15, 0.2) is 0 Å². The molecule has 0 aromatic heterocycles. The highest BCUT2D eigenvalue weighted by Crippen LogP contribution is 2.47. The smallest absolute Gasteiger partial charge is 0.0632 e. The molecule has 1 saturated heterocycles. The Kier molecular flexibility index (Phi) is 3.48. The van der Waals surface area contributed by atoms with Gasteiger partial charge in [0.05, 0.1) is 6.10 Å². The molecule has 1 nitrogen and oxygen atoms in total. The van der Waals surface area contributed by atoms with E-state index in [1.54, 1.807) is 0 Å². The van der Waals surface area contributed by atoms with Gasteiger partial charge in [-0.1, -0.05) is 39.0 Å². The lowest BCUT2D eigenvalue weighted by molar-refractivity contribution is 0.0375. The molecule has 1 saturated carbocycles. The summed E-state index contributed by atoms with van der Waals surface area (Å²) in [5.74, 6) is 0. The predicted octanol–water partition coefficient (Wildman–Crippen LogP) is 3.92. The SMILES string of the molecule is CCCCC12CCCCCC1OCC2. The first kappa shape index (κ1) is 10.5. The summed E-state index contributed by atoms with van der Waals surface area (Å²) in [7, 11) is 0. The second-order valence-corrected chi connectivity index (χ2v) is 5.17. The third kappa shape index (κ3) is 1.98. The van der Waals surface area contributed by atoms with Crippen LogP contribution in [0.1, 0.15) is 64.7 Å². The molecular formula is C13H24O. The number of hydrogen-bond acceptors (Lipinski definition) is 1. The Morgan fingerprint density at radius 3 is 3.00 bits per heavy atom. The number of rotatable bonds is 3. The van der Waals surface area contributed by atoms with Crippen molar-refractivity contribution < 1.29 is 4.74 Å². The Morgan fingerprint density at radius 1 is 1.21 bits per heavy atom. The lowest BCUT2D eigenvalue weighted by atomic mass is 9.73. The van der Waals surface area contributed by atoms with Crippen molar-refractivity contribution in [2.24, 2.45) is 5.41 Å². The van der Waals surface area contributed by atoms with E-state index in [9.17, 15) is 0 Å². The first-order chi connectivity index (χ1) is 6.87. The zero-order chi connectivity index (χ0) is 9.86. The molecule has 1 heterocycles. The summed E-state index contributed by atoms with van der Waals surface area (Å²) in [5, 5.41) is 0. The maximum Gasteiger partial charge on any atom is 0.0632 e. The van der Waals surface area contributed by atoms with Crippen LogP contribution in [-0.4, -0.2) is 12.7 Å². The quantitative estimate of drug-likeness (QED) is 0.665. The molecule has 82 valence electrons. The van der Waals surface area contributed by atoms with Gasteiger partial charge in [-0.15, -0.1) is 0 Å². The van der Waals surface area contributed by atoms with Gasteiger partial charge in [-0.25, -0.2) is 0 Å². The van der Waals surface area contributed by atoms with E-state index < -0.39 is 0 Å². The molecule has 1 heteroatoms. The highest BCUT2D eigenvalue weighted by Gasteiger charge is 2.43. The number of ether oxygens (including phenoxy) is 1. The average Bonchev–Trinajstić information content (AvgIpc) is 2.49. The lowest BCUT2D eigenvalue weighted by Crippen LogP contribution is -2.29. The number of fused-ring (bicyclic) bond motifs is 1. The monoisotopic (exact) mass is 196 g/mol. The van der Waals surface area contributed by atoms with Gasteiger partial charge in [0.15, 0.2) is 0 Å². The van der Waals surface area contributed by atoms with Crippen LogP contribution in [0.5, 0.6) is 0 Å². The first-order valence-corrected chi connectivity index (χ1v) is 6.49. The minimum Gasteiger partial charge on any atom is -0.378 e. The van der Waals surface area contributed by atoms with Crippen LogP contribution >= 0.6 is 0 Å². The molecule has 0 radical (unpaired) electrons. The molecule has 2 fully saturated rings. The van der Waals surface area contributed by atoms with Gasteiger partial charge in [0.2, 0.25) is 0 Å². The van der Waals surface area contributed by atoms with Crippen molar-refractivity contribution in [2.45, 2.75) is 70.8 Å². The summed E-state index contributed by atoms with van der Waals surface area (Å²) in [4.78, 5) is 0. The summed E-state index contributed by atoms with van der Waals surface area (Å²) >= 11 is 0. The van der Waals surface area contributed by atoms with Crippen LogP contribution in [0, 0.1) is 5.41 Å². The minimum atomic E-state index is 0.604. The van der Waals surface area contributed by atoms with Crippen LogP contribution < -0.4 is 0 Å². The fourth-order valence-electron chi connectivity index (χ4n) is 3.34. The van der Waals surface area contributed by atoms with Crippen molar-refractivity contribution in [1.29, 1.82) is 0 Å². The molecule has 14 heavy (non-hydrogen) atoms. The van der Waals surface area contributed by atoms with Gasteiger partial charge >= 0.3 is 0 Å². The summed E-state index contributed by atoms with van der Waals surface area (Å²) < 4.78 is 5.94. The Balaban J connectivity index is 2.01. The molecule has 0 spiro atoms. The third-order valence-electron chi connectivity index (χ3n) is 4.27. The molecule has 2 unspecified atom stereocenters. The van der Waals surface area contributed by atoms with Crippen molar-refractivity contribution in [1.82, 2.24) is 0 Å². The topological polar surface area (TPSA) is 9.23 Å². The zero-order valence-electron chi connectivity index (χ0n) is 9.56. The van der Waals surface area contributed by atoms with Crippen molar-refractivity contribution in [3.05, 3.63) is 0 Å². The van der Waals surface area contributed by atoms with Crippen LogP contribution in [0.25, 0.3) is 0 Å². The number of unbranched alkanes of at least 4 members (excludes halogenated alkanes) is 1. The fourth-order valence-corrected chi connectivity index (χ4v) is 3.34. The Morgan fingerprint density at radius 2 is 2.14 bits per heavy atom. The van der Waals surface area contributed by atoms with Gasteiger partial charge in [0.25, 0.3) is 0 Å². The molecule has 2 aliphatic rings. The van der Waals surface area contributed by atoms with Crippen molar-refractivity contribution in [3.8, 4) is 0 Å². The second-order valence-electron chi connectivity index (χ2n) is 5.17. The summed E-state index contributed by atoms with van der Waals surface area (Å²) in [5.41, 5.74) is 0.604. The van der Waals surface area contributed by atoms with E-state index in [-0.39, 0.29) is 0 Å². The second kappa shape index (κ2) is 4.65. The molecule has 0 N–H and O–H groups in total. The number of hydrogen-bond donors (Lipinski definition) is 0. The maximum atomic E-state index is 5.94. The molecule has 0 amide bonds. The van der Waals surface area contributed by atoms with Crippen LogP contribution in [0.3, 0.4) is 0 Å². The van der Waals surface area contributed by atoms with E-state index >= 15 is 0 Å². The maximum absolute atomic E-state index is 5.94. The standard InChI is InChI=1S/C13H24O/c1-2-3-8-13-9-6-4-5-7-12(13)14-11-10-13/h12H,2-11H2,1H3. The molecule has 2 rings (SSSR count). The molecular weight excluding hydrogens is 172 g/mol. The Labute approximate surface area is 88.2 Å². The van der Waals surface area contributed by atoms with E-state index in [1.165, 1.54) is 57.8 Å². The van der Waals surface area contributed by atoms with Crippen LogP contribution in [-0.2, 0) is 4.74 Å². The molecule has 2 atom stereocenters. The molecule has 0 bridgehead atoms. The van der Waals surface area contributed by atoms with Crippen LogP contribution in [0.2, 0.25) is 0 Å². The van der Waals surface area contributed by atoms with Gasteiger partial charge in [-0.2, -0.15) is 0 Å². The Hall–Kier alpha value is -0.0400. The van der Waals surface area contributed by atoms with E-state index in [4.69, 9.17) is 4.74 Å². The van der Waals surface area contributed by atoms with Gasteiger partial charge in [-0.3, -0.25) is 0 Å². The van der Waals surface area contributed by atoms with Gasteiger partial charge in [0.1, 0.15) is 0 Å². The highest BCUT2D eigenvalue weighted by molar-refractivity contribution is 4.93. The van der Waals surface area contributed by atoms with Crippen molar-refractivity contribution in [3.63, 3.8) is 0 Å². The van der Waals surface area contributed by atoms with Crippen molar-refractivity contribution in [2.75, 3.05) is 6.61 Å². The summed E-state index contributed by atoms with van der Waals surface area (Å²) in [6.07, 6.45) is 13.2. The minimum absolute atomic E-state index is 0.604. The van der Waals surface area contributed by atoms with Crippen LogP contribution in [0.4, 0.5) is 0 Å². The highest BCUT2D eigenvalue weighted by atomic mass is 16.5. The Bertz CT molecular complexity index is 178. The largest absolute Gasteiger partial charge is 0.378 e. The molecule has 1 aliphatic carbocycles. The molecule has 0 aromatic rings. The predicted molar refractivity (Wildman–Crippen MR) is 59.4 cm³/mol. The van der Waals surface area contributed by atoms with Crippen molar-refractivity contribution >= 4 is 0 Å². The van der Waals surface area contributed by atoms with E-state index in [1.807, 2.05) is 0 Å². The zero-order valence-corrected chi connectivity index (χ0v) is 9.56. The summed E-state index contributed by atoms with van der Waals surface area (Å²) in [6.45, 7) is 3.34. The summed E-state index contributed by atoms with van der Waals surface area (Å²) in [6, 6.07) is 0. The van der Waals surface area contributed by atoms with Gasteiger partial charge in [-0.05, 0) is 31.1 Å². The lowest BCUT2D eigenvalue weighted by Gasteiger charge is -2.32. The van der Waals surface area contributed by atoms with Gasteiger partial charge in [0, 0.05) is 6.61 Å². The van der Waals surface area contributed by atoms with E-state index in [2.05, 4.69) is 6.92 Å². The molecule has 0 aromatic carbocycles. The van der Waals surface area contributed by atoms with Gasteiger partial charge < -0.3 is 4.74 Å². The average molecular weight is 196 g/mol. The normalized spacial score (nSPS) is 37.9. The molecule has 1 aliphatic heterocycles. The van der Waals surface area contributed by atoms with E-state index in [0.29, 0.717) is 11.5 Å². The first-order valence-electron chi connectivity index (χ1n) is 6.49. The third-order valence-corrected chi connectivity index (χ3v) is 4.27.